The van der Waals surface area contributed by atoms with Crippen molar-refractivity contribution in [2.24, 2.45) is 0 Å². The molecule has 0 fully saturated rings. The third-order valence-corrected chi connectivity index (χ3v) is 10.2. The van der Waals surface area contributed by atoms with E-state index in [4.69, 9.17) is 9.97 Å². The normalized spacial score (nSPS) is 15.0. The number of fused-ring (bicyclic) bond motifs is 2. The summed E-state index contributed by atoms with van der Waals surface area (Å²) in [6.07, 6.45) is 8.49. The van der Waals surface area contributed by atoms with Gasteiger partial charge in [-0.15, -0.1) is 0 Å². The van der Waals surface area contributed by atoms with Crippen LogP contribution in [0.4, 0.5) is 23.0 Å². The van der Waals surface area contributed by atoms with Crippen LogP contribution in [0.5, 0.6) is 0 Å². The lowest BCUT2D eigenvalue weighted by atomic mass is 9.76. The predicted molar refractivity (Wildman–Crippen MR) is 193 cm³/mol. The highest BCUT2D eigenvalue weighted by Gasteiger charge is 2.30. The van der Waals surface area contributed by atoms with E-state index in [9.17, 15) is 0 Å². The third kappa shape index (κ3) is 5.59. The second-order valence-electron chi connectivity index (χ2n) is 14.7. The minimum atomic E-state index is -0.183. The van der Waals surface area contributed by atoms with Crippen LogP contribution >= 0.6 is 0 Å². The fourth-order valence-electron chi connectivity index (χ4n) is 7.21. The maximum atomic E-state index is 5.01. The Morgan fingerprint density at radius 2 is 1.20 bits per heavy atom. The summed E-state index contributed by atoms with van der Waals surface area (Å²) >= 11 is 0. The van der Waals surface area contributed by atoms with E-state index < -0.39 is 0 Å². The van der Waals surface area contributed by atoms with Gasteiger partial charge in [-0.05, 0) is 107 Å². The third-order valence-electron chi connectivity index (χ3n) is 10.2. The van der Waals surface area contributed by atoms with Crippen molar-refractivity contribution >= 4 is 23.0 Å². The number of anilines is 4. The van der Waals surface area contributed by atoms with Crippen LogP contribution in [0, 0.1) is 6.92 Å². The standard InChI is InChI=1S/C42H46N4/c1-29-24-39(44-28-36(29)30-12-8-7-9-13-30)45-22-10-14-31-16-18-34(25-37(31)45)42(5,6)35-19-17-32-15-11-23-46(38(32)26-35)40-27-33(20-21-43-40)41(2,3)4/h7-9,12-13,16-21,24-28H,10-11,14-15,22-23H2,1-6H3. The Morgan fingerprint density at radius 1 is 0.609 bits per heavy atom. The monoisotopic (exact) mass is 606 g/mol. The van der Waals surface area contributed by atoms with Crippen molar-refractivity contribution in [3.63, 3.8) is 0 Å². The fourth-order valence-corrected chi connectivity index (χ4v) is 7.21. The molecular weight excluding hydrogens is 560 g/mol. The highest BCUT2D eigenvalue weighted by atomic mass is 15.2. The van der Waals surface area contributed by atoms with Gasteiger partial charge in [0.25, 0.3) is 0 Å². The number of aromatic nitrogens is 2. The molecule has 0 spiro atoms. The van der Waals surface area contributed by atoms with Gasteiger partial charge in [0.05, 0.1) is 0 Å². The van der Waals surface area contributed by atoms with E-state index in [1.165, 1.54) is 55.9 Å². The van der Waals surface area contributed by atoms with Gasteiger partial charge in [0.2, 0.25) is 0 Å². The molecule has 3 aromatic carbocycles. The van der Waals surface area contributed by atoms with Gasteiger partial charge in [0.15, 0.2) is 0 Å². The molecule has 0 saturated heterocycles. The van der Waals surface area contributed by atoms with Gasteiger partial charge >= 0.3 is 0 Å². The molecule has 0 unspecified atom stereocenters. The molecule has 0 N–H and O–H groups in total. The number of aryl methyl sites for hydroxylation is 3. The zero-order chi connectivity index (χ0) is 32.1. The molecule has 2 aliphatic heterocycles. The molecule has 0 atom stereocenters. The number of benzene rings is 3. The van der Waals surface area contributed by atoms with Gasteiger partial charge in [0, 0.05) is 47.8 Å². The SMILES string of the molecule is Cc1cc(N2CCCc3ccc(C(C)(C)c4ccc5c(c4)N(c4cc(C(C)(C)C)ccn4)CCC5)cc32)ncc1-c1ccccc1. The smallest absolute Gasteiger partial charge is 0.133 e. The average Bonchev–Trinajstić information content (AvgIpc) is 3.07. The van der Waals surface area contributed by atoms with Crippen LogP contribution < -0.4 is 9.80 Å². The van der Waals surface area contributed by atoms with Crippen LogP contribution in [0.15, 0.2) is 97.3 Å². The number of hydrogen-bond donors (Lipinski definition) is 0. The Balaban J connectivity index is 1.23. The van der Waals surface area contributed by atoms with Crippen molar-refractivity contribution in [1.29, 1.82) is 0 Å². The molecule has 46 heavy (non-hydrogen) atoms. The summed E-state index contributed by atoms with van der Waals surface area (Å²) in [6, 6.07) is 31.6. The minimum absolute atomic E-state index is 0.0820. The minimum Gasteiger partial charge on any atom is -0.326 e. The van der Waals surface area contributed by atoms with Crippen molar-refractivity contribution in [1.82, 2.24) is 9.97 Å². The van der Waals surface area contributed by atoms with Crippen molar-refractivity contribution in [2.45, 2.75) is 78.1 Å². The van der Waals surface area contributed by atoms with Gasteiger partial charge in [-0.3, -0.25) is 0 Å². The molecule has 4 nitrogen and oxygen atoms in total. The van der Waals surface area contributed by atoms with E-state index in [0.717, 1.165) is 50.4 Å². The second-order valence-corrected chi connectivity index (χ2v) is 14.7. The largest absolute Gasteiger partial charge is 0.326 e. The molecule has 0 saturated carbocycles. The lowest BCUT2D eigenvalue weighted by molar-refractivity contribution is 0.589. The summed E-state index contributed by atoms with van der Waals surface area (Å²) in [4.78, 5) is 14.7. The Morgan fingerprint density at radius 3 is 1.76 bits per heavy atom. The Hall–Kier alpha value is -4.44. The quantitative estimate of drug-likeness (QED) is 0.199. The number of rotatable bonds is 5. The van der Waals surface area contributed by atoms with E-state index in [2.05, 4.69) is 136 Å². The van der Waals surface area contributed by atoms with E-state index in [1.54, 1.807) is 0 Å². The molecule has 2 aromatic heterocycles. The highest BCUT2D eigenvalue weighted by Crippen LogP contribution is 2.42. The number of hydrogen-bond acceptors (Lipinski definition) is 4. The molecule has 234 valence electrons. The average molecular weight is 607 g/mol. The molecule has 0 radical (unpaired) electrons. The molecule has 7 rings (SSSR count). The van der Waals surface area contributed by atoms with Crippen LogP contribution in [0.3, 0.4) is 0 Å². The van der Waals surface area contributed by atoms with Crippen molar-refractivity contribution in [3.8, 4) is 11.1 Å². The van der Waals surface area contributed by atoms with E-state index in [-0.39, 0.29) is 10.8 Å². The van der Waals surface area contributed by atoms with Gasteiger partial charge in [-0.1, -0.05) is 89.2 Å². The lowest BCUT2D eigenvalue weighted by Crippen LogP contribution is -2.28. The Labute approximate surface area is 275 Å². The summed E-state index contributed by atoms with van der Waals surface area (Å²) in [6.45, 7) is 15.7. The first-order valence-electron chi connectivity index (χ1n) is 16.9. The van der Waals surface area contributed by atoms with Crippen LogP contribution in [0.2, 0.25) is 0 Å². The zero-order valence-corrected chi connectivity index (χ0v) is 28.3. The molecule has 4 heteroatoms. The zero-order valence-electron chi connectivity index (χ0n) is 28.3. The first kappa shape index (κ1) is 30.2. The molecule has 2 aliphatic rings. The predicted octanol–water partition coefficient (Wildman–Crippen LogP) is 10.2. The Bertz CT molecular complexity index is 1880. The molecule has 0 amide bonds. The first-order valence-corrected chi connectivity index (χ1v) is 16.9. The van der Waals surface area contributed by atoms with E-state index >= 15 is 0 Å². The second kappa shape index (κ2) is 11.7. The molecule has 4 heterocycles. The van der Waals surface area contributed by atoms with Crippen LogP contribution in [0.1, 0.15) is 80.8 Å². The summed E-state index contributed by atoms with van der Waals surface area (Å²) in [5.74, 6) is 2.08. The fraction of sp³-hybridized carbons (Fsp3) is 0.333. The van der Waals surface area contributed by atoms with Gasteiger partial charge in [-0.25, -0.2) is 9.97 Å². The number of pyridine rings is 2. The lowest BCUT2D eigenvalue weighted by Gasteiger charge is -2.35. The van der Waals surface area contributed by atoms with E-state index in [0.29, 0.717) is 0 Å². The van der Waals surface area contributed by atoms with Crippen LogP contribution in [-0.2, 0) is 23.7 Å². The van der Waals surface area contributed by atoms with Crippen LogP contribution in [0.25, 0.3) is 11.1 Å². The van der Waals surface area contributed by atoms with E-state index in [1.807, 2.05) is 12.4 Å². The van der Waals surface area contributed by atoms with Gasteiger partial charge in [0.1, 0.15) is 11.6 Å². The number of nitrogens with zero attached hydrogens (tertiary/aromatic N) is 4. The highest BCUT2D eigenvalue weighted by molar-refractivity contribution is 5.73. The molecule has 0 aliphatic carbocycles. The van der Waals surface area contributed by atoms with Gasteiger partial charge in [-0.2, -0.15) is 0 Å². The molecule has 0 bridgehead atoms. The summed E-state index contributed by atoms with van der Waals surface area (Å²) < 4.78 is 0. The Kier molecular flexibility index (Phi) is 7.71. The maximum absolute atomic E-state index is 5.01. The molecule has 5 aromatic rings. The topological polar surface area (TPSA) is 32.3 Å². The summed E-state index contributed by atoms with van der Waals surface area (Å²) in [5.41, 5.74) is 12.9. The van der Waals surface area contributed by atoms with Crippen LogP contribution in [-0.4, -0.2) is 23.1 Å². The van der Waals surface area contributed by atoms with Crippen molar-refractivity contribution in [2.75, 3.05) is 22.9 Å². The van der Waals surface area contributed by atoms with Crippen molar-refractivity contribution in [3.05, 3.63) is 131 Å². The maximum Gasteiger partial charge on any atom is 0.133 e. The summed E-state index contributed by atoms with van der Waals surface area (Å²) in [5, 5.41) is 0. The van der Waals surface area contributed by atoms with Gasteiger partial charge < -0.3 is 9.80 Å². The molecular formula is C42H46N4. The summed E-state index contributed by atoms with van der Waals surface area (Å²) in [7, 11) is 0. The van der Waals surface area contributed by atoms with Crippen molar-refractivity contribution < 1.29 is 0 Å². The first-order chi connectivity index (χ1) is 22.1.